The zero-order chi connectivity index (χ0) is 17.6. The Morgan fingerprint density at radius 1 is 1.20 bits per heavy atom. The highest BCUT2D eigenvalue weighted by molar-refractivity contribution is 5.83. The van der Waals surface area contributed by atoms with Crippen molar-refractivity contribution in [1.82, 2.24) is 9.80 Å². The topological polar surface area (TPSA) is 49.9 Å². The van der Waals surface area contributed by atoms with Gasteiger partial charge in [-0.05, 0) is 24.8 Å². The molecule has 0 unspecified atom stereocenters. The third-order valence-corrected chi connectivity index (χ3v) is 5.21. The second-order valence-electron chi connectivity index (χ2n) is 7.08. The second-order valence-corrected chi connectivity index (χ2v) is 7.08. The van der Waals surface area contributed by atoms with Gasteiger partial charge in [-0.25, -0.2) is 0 Å². The summed E-state index contributed by atoms with van der Waals surface area (Å²) < 4.78 is 5.48. The van der Waals surface area contributed by atoms with E-state index in [1.165, 1.54) is 0 Å². The lowest BCUT2D eigenvalue weighted by Crippen LogP contribution is -2.47. The van der Waals surface area contributed by atoms with Gasteiger partial charge in [0.1, 0.15) is 6.61 Å². The summed E-state index contributed by atoms with van der Waals surface area (Å²) in [4.78, 5) is 29.1. The van der Waals surface area contributed by atoms with Gasteiger partial charge in [-0.3, -0.25) is 9.59 Å². The predicted molar refractivity (Wildman–Crippen MR) is 95.8 cm³/mol. The Bertz CT molecular complexity index is 590. The summed E-state index contributed by atoms with van der Waals surface area (Å²) in [6, 6.07) is 10.2. The summed E-state index contributed by atoms with van der Waals surface area (Å²) in [5.41, 5.74) is 1.14. The van der Waals surface area contributed by atoms with Crippen molar-refractivity contribution in [2.75, 3.05) is 26.3 Å². The fraction of sp³-hybridized carbons (Fsp3) is 0.600. The van der Waals surface area contributed by atoms with Gasteiger partial charge in [0, 0.05) is 32.3 Å². The number of amides is 2. The first-order valence-electron chi connectivity index (χ1n) is 9.39. The maximum Gasteiger partial charge on any atom is 0.248 e. The number of unbranched alkanes of at least 4 members (excludes halogenated alkanes) is 1. The van der Waals surface area contributed by atoms with E-state index in [-0.39, 0.29) is 30.4 Å². The van der Waals surface area contributed by atoms with Crippen molar-refractivity contribution in [1.29, 1.82) is 0 Å². The van der Waals surface area contributed by atoms with Gasteiger partial charge in [-0.1, -0.05) is 43.7 Å². The Kier molecular flexibility index (Phi) is 6.08. The van der Waals surface area contributed by atoms with E-state index in [2.05, 4.69) is 19.1 Å². The molecule has 0 saturated carbocycles. The fourth-order valence-corrected chi connectivity index (χ4v) is 3.73. The Morgan fingerprint density at radius 3 is 2.76 bits per heavy atom. The zero-order valence-electron chi connectivity index (χ0n) is 15.0. The predicted octanol–water partition coefficient (Wildman–Crippen LogP) is 2.45. The van der Waals surface area contributed by atoms with Crippen molar-refractivity contribution >= 4 is 11.8 Å². The lowest BCUT2D eigenvalue weighted by molar-refractivity contribution is -0.140. The van der Waals surface area contributed by atoms with Crippen molar-refractivity contribution in [3.63, 3.8) is 0 Å². The molecule has 5 heteroatoms. The summed E-state index contributed by atoms with van der Waals surface area (Å²) >= 11 is 0. The van der Waals surface area contributed by atoms with Crippen molar-refractivity contribution in [2.24, 2.45) is 5.92 Å². The van der Waals surface area contributed by atoms with Crippen LogP contribution in [0.25, 0.3) is 0 Å². The number of carbonyl (C=O) groups excluding carboxylic acids is 2. The molecule has 3 aliphatic rings. The van der Waals surface area contributed by atoms with E-state index in [4.69, 9.17) is 4.74 Å². The molecule has 0 N–H and O–H groups in total. The molecule has 1 aromatic rings. The van der Waals surface area contributed by atoms with E-state index >= 15 is 0 Å². The first-order valence-corrected chi connectivity index (χ1v) is 9.39. The number of benzene rings is 1. The second kappa shape index (κ2) is 8.48. The smallest absolute Gasteiger partial charge is 0.248 e. The molecular weight excluding hydrogens is 316 g/mol. The normalized spacial score (nSPS) is 23.0. The molecule has 3 fully saturated rings. The van der Waals surface area contributed by atoms with Crippen LogP contribution in [-0.4, -0.2) is 54.0 Å². The van der Waals surface area contributed by atoms with Gasteiger partial charge < -0.3 is 14.5 Å². The molecule has 136 valence electrons. The van der Waals surface area contributed by atoms with Crippen molar-refractivity contribution < 1.29 is 14.3 Å². The first kappa shape index (κ1) is 17.9. The van der Waals surface area contributed by atoms with Crippen molar-refractivity contribution in [3.05, 3.63) is 35.9 Å². The summed E-state index contributed by atoms with van der Waals surface area (Å²) in [5, 5.41) is 0. The summed E-state index contributed by atoms with van der Waals surface area (Å²) in [7, 11) is 0. The monoisotopic (exact) mass is 344 g/mol. The Balaban J connectivity index is 1.63. The Labute approximate surface area is 149 Å². The van der Waals surface area contributed by atoms with Crippen LogP contribution in [0.3, 0.4) is 0 Å². The average Bonchev–Trinajstić information content (AvgIpc) is 2.92. The zero-order valence-corrected chi connectivity index (χ0v) is 15.0. The van der Waals surface area contributed by atoms with Gasteiger partial charge in [0.25, 0.3) is 0 Å². The lowest BCUT2D eigenvalue weighted by atomic mass is 9.93. The van der Waals surface area contributed by atoms with Crippen LogP contribution in [0.2, 0.25) is 0 Å². The molecule has 2 amide bonds. The van der Waals surface area contributed by atoms with E-state index in [0.29, 0.717) is 26.2 Å². The minimum Gasteiger partial charge on any atom is -0.372 e. The number of ether oxygens (including phenoxy) is 1. The van der Waals surface area contributed by atoms with Gasteiger partial charge in [-0.2, -0.15) is 0 Å². The minimum absolute atomic E-state index is 0.0161. The van der Waals surface area contributed by atoms with E-state index in [1.807, 2.05) is 28.0 Å². The highest BCUT2D eigenvalue weighted by atomic mass is 16.5. The molecule has 3 heterocycles. The molecule has 3 aliphatic heterocycles. The van der Waals surface area contributed by atoms with Crippen molar-refractivity contribution in [3.8, 4) is 0 Å². The molecule has 3 saturated heterocycles. The molecule has 1 aromatic carbocycles. The van der Waals surface area contributed by atoms with E-state index < -0.39 is 0 Å². The third kappa shape index (κ3) is 4.40. The first-order chi connectivity index (χ1) is 12.2. The van der Waals surface area contributed by atoms with Crippen LogP contribution in [0, 0.1) is 5.92 Å². The highest BCUT2D eigenvalue weighted by Gasteiger charge is 2.41. The average molecular weight is 344 g/mol. The number of piperidine rings is 1. The van der Waals surface area contributed by atoms with Gasteiger partial charge >= 0.3 is 0 Å². The van der Waals surface area contributed by atoms with Gasteiger partial charge in [0.15, 0.2) is 0 Å². The van der Waals surface area contributed by atoms with Crippen LogP contribution in [0.4, 0.5) is 0 Å². The number of carbonyl (C=O) groups is 2. The van der Waals surface area contributed by atoms with Gasteiger partial charge in [0.2, 0.25) is 11.8 Å². The molecule has 2 atom stereocenters. The summed E-state index contributed by atoms with van der Waals surface area (Å²) in [6.45, 7) is 4.66. The molecule has 2 bridgehead atoms. The molecule has 4 rings (SSSR count). The fourth-order valence-electron chi connectivity index (χ4n) is 3.73. The van der Waals surface area contributed by atoms with E-state index in [1.54, 1.807) is 0 Å². The standard InChI is InChI=1S/C20H28N2O3/c1-2-3-11-25-15-19(23)21-13-17-9-10-18(14-21)22(20(17)24)12-16-7-5-4-6-8-16/h4-8,17-18H,2-3,9-15H2,1H3/t17-,18+/m0/s1. The summed E-state index contributed by atoms with van der Waals surface area (Å²) in [5.74, 6) is 0.145. The van der Waals surface area contributed by atoms with Crippen LogP contribution in [0.1, 0.15) is 38.2 Å². The highest BCUT2D eigenvalue weighted by Crippen LogP contribution is 2.30. The molecule has 0 aromatic heterocycles. The SMILES string of the molecule is CCCCOCC(=O)N1C[C@@H]2CC[C@H](C1)N(Cc1ccccc1)C2=O. The quantitative estimate of drug-likeness (QED) is 0.714. The molecule has 0 spiro atoms. The molecule has 25 heavy (non-hydrogen) atoms. The molecular formula is C20H28N2O3. The number of hydrogen-bond donors (Lipinski definition) is 0. The van der Waals surface area contributed by atoms with Crippen LogP contribution >= 0.6 is 0 Å². The van der Waals surface area contributed by atoms with E-state index in [9.17, 15) is 9.59 Å². The van der Waals surface area contributed by atoms with Gasteiger partial charge in [-0.15, -0.1) is 0 Å². The van der Waals surface area contributed by atoms with Crippen LogP contribution in [0.15, 0.2) is 30.3 Å². The Morgan fingerprint density at radius 2 is 2.00 bits per heavy atom. The largest absolute Gasteiger partial charge is 0.372 e. The number of fused-ring (bicyclic) bond motifs is 4. The maximum absolute atomic E-state index is 12.8. The van der Waals surface area contributed by atoms with Crippen molar-refractivity contribution in [2.45, 2.75) is 45.2 Å². The van der Waals surface area contributed by atoms with Gasteiger partial charge in [0.05, 0.1) is 5.92 Å². The van der Waals surface area contributed by atoms with Crippen LogP contribution in [-0.2, 0) is 20.9 Å². The van der Waals surface area contributed by atoms with Crippen LogP contribution < -0.4 is 0 Å². The lowest BCUT2D eigenvalue weighted by Gasteiger charge is -2.36. The van der Waals surface area contributed by atoms with E-state index in [0.717, 1.165) is 31.2 Å². The molecule has 0 aliphatic carbocycles. The minimum atomic E-state index is -0.0675. The molecule has 5 nitrogen and oxygen atoms in total. The van der Waals surface area contributed by atoms with Crippen LogP contribution in [0.5, 0.6) is 0 Å². The third-order valence-electron chi connectivity index (χ3n) is 5.21. The number of hydrogen-bond acceptors (Lipinski definition) is 3. The molecule has 0 radical (unpaired) electrons. The maximum atomic E-state index is 12.8. The summed E-state index contributed by atoms with van der Waals surface area (Å²) in [6.07, 6.45) is 3.89. The number of rotatable bonds is 7. The number of nitrogens with zero attached hydrogens (tertiary/aromatic N) is 2. The Hall–Kier alpha value is -1.88.